The Kier molecular flexibility index (Phi) is 4.11. The molecular formula is C11H12F3NO2. The molecule has 1 aromatic rings. The largest absolute Gasteiger partial charge is 0.480 e. The lowest BCUT2D eigenvalue weighted by molar-refractivity contribution is -0.139. The molecule has 0 saturated carbocycles. The van der Waals surface area contributed by atoms with Crippen molar-refractivity contribution in [3.8, 4) is 0 Å². The summed E-state index contributed by atoms with van der Waals surface area (Å²) in [7, 11) is 1.45. The van der Waals surface area contributed by atoms with E-state index in [9.17, 15) is 18.0 Å². The van der Waals surface area contributed by atoms with E-state index in [1.807, 2.05) is 0 Å². The van der Waals surface area contributed by atoms with Gasteiger partial charge in [0.1, 0.15) is 6.04 Å². The topological polar surface area (TPSA) is 49.3 Å². The Bertz CT molecular complexity index is 404. The summed E-state index contributed by atoms with van der Waals surface area (Å²) in [4.78, 5) is 10.7. The zero-order valence-electron chi connectivity index (χ0n) is 9.08. The molecule has 0 aliphatic rings. The van der Waals surface area contributed by atoms with Gasteiger partial charge in [-0.05, 0) is 25.1 Å². The maximum Gasteiger partial charge on any atom is 0.416 e. The van der Waals surface area contributed by atoms with Gasteiger partial charge in [0.25, 0.3) is 0 Å². The number of hydrogen-bond donors (Lipinski definition) is 2. The summed E-state index contributed by atoms with van der Waals surface area (Å²) in [6.07, 6.45) is -4.40. The summed E-state index contributed by atoms with van der Waals surface area (Å²) >= 11 is 0. The van der Waals surface area contributed by atoms with E-state index in [0.29, 0.717) is 5.56 Å². The SMILES string of the molecule is CNC(Cc1cccc(C(F)(F)F)c1)C(=O)O. The Morgan fingerprint density at radius 1 is 1.47 bits per heavy atom. The highest BCUT2D eigenvalue weighted by molar-refractivity contribution is 5.73. The maximum atomic E-state index is 12.4. The van der Waals surface area contributed by atoms with Crippen molar-refractivity contribution in [2.24, 2.45) is 0 Å². The Morgan fingerprint density at radius 2 is 2.12 bits per heavy atom. The molecule has 0 aliphatic carbocycles. The van der Waals surface area contributed by atoms with Crippen LogP contribution in [0.4, 0.5) is 13.2 Å². The number of carboxylic acid groups (broad SMARTS) is 1. The van der Waals surface area contributed by atoms with Crippen molar-refractivity contribution in [3.63, 3.8) is 0 Å². The monoisotopic (exact) mass is 247 g/mol. The maximum absolute atomic E-state index is 12.4. The second-order valence-corrected chi connectivity index (χ2v) is 3.58. The Balaban J connectivity index is 2.89. The van der Waals surface area contributed by atoms with E-state index in [4.69, 9.17) is 5.11 Å². The summed E-state index contributed by atoms with van der Waals surface area (Å²) in [5, 5.41) is 11.3. The first-order chi connectivity index (χ1) is 7.84. The van der Waals surface area contributed by atoms with Crippen LogP contribution >= 0.6 is 0 Å². The van der Waals surface area contributed by atoms with E-state index in [0.717, 1.165) is 12.1 Å². The molecule has 0 radical (unpaired) electrons. The zero-order valence-corrected chi connectivity index (χ0v) is 9.08. The third kappa shape index (κ3) is 3.74. The van der Waals surface area contributed by atoms with Gasteiger partial charge in [0.05, 0.1) is 5.56 Å². The molecule has 17 heavy (non-hydrogen) atoms. The van der Waals surface area contributed by atoms with Gasteiger partial charge in [-0.1, -0.05) is 18.2 Å². The van der Waals surface area contributed by atoms with Gasteiger partial charge in [-0.2, -0.15) is 13.2 Å². The van der Waals surface area contributed by atoms with E-state index in [1.54, 1.807) is 0 Å². The van der Waals surface area contributed by atoms with Crippen molar-refractivity contribution in [3.05, 3.63) is 35.4 Å². The van der Waals surface area contributed by atoms with Gasteiger partial charge in [0, 0.05) is 0 Å². The average molecular weight is 247 g/mol. The minimum Gasteiger partial charge on any atom is -0.480 e. The molecule has 0 fully saturated rings. The molecule has 0 aromatic heterocycles. The summed E-state index contributed by atoms with van der Waals surface area (Å²) < 4.78 is 37.2. The van der Waals surface area contributed by atoms with Crippen molar-refractivity contribution in [2.45, 2.75) is 18.6 Å². The number of rotatable bonds is 4. The first kappa shape index (κ1) is 13.5. The summed E-state index contributed by atoms with van der Waals surface area (Å²) in [6, 6.07) is 3.78. The first-order valence-corrected chi connectivity index (χ1v) is 4.91. The number of carboxylic acids is 1. The third-order valence-corrected chi connectivity index (χ3v) is 2.34. The van der Waals surface area contributed by atoms with Gasteiger partial charge in [0.2, 0.25) is 0 Å². The molecule has 94 valence electrons. The lowest BCUT2D eigenvalue weighted by Gasteiger charge is -2.13. The normalized spacial score (nSPS) is 13.4. The molecule has 0 spiro atoms. The van der Waals surface area contributed by atoms with E-state index < -0.39 is 23.8 Å². The molecule has 0 aliphatic heterocycles. The predicted octanol–water partition coefficient (Wildman–Crippen LogP) is 1.92. The van der Waals surface area contributed by atoms with Gasteiger partial charge in [-0.25, -0.2) is 0 Å². The molecular weight excluding hydrogens is 235 g/mol. The predicted molar refractivity (Wildman–Crippen MR) is 55.6 cm³/mol. The van der Waals surface area contributed by atoms with Crippen LogP contribution in [0.5, 0.6) is 0 Å². The number of halogens is 3. The molecule has 1 unspecified atom stereocenters. The summed E-state index contributed by atoms with van der Waals surface area (Å²) in [6.45, 7) is 0. The van der Waals surface area contributed by atoms with Crippen LogP contribution in [-0.4, -0.2) is 24.2 Å². The van der Waals surface area contributed by atoms with Crippen molar-refractivity contribution in [1.82, 2.24) is 5.32 Å². The van der Waals surface area contributed by atoms with E-state index in [2.05, 4.69) is 5.32 Å². The highest BCUT2D eigenvalue weighted by Gasteiger charge is 2.30. The minimum absolute atomic E-state index is 0.00968. The highest BCUT2D eigenvalue weighted by atomic mass is 19.4. The molecule has 6 heteroatoms. The second kappa shape index (κ2) is 5.18. The molecule has 3 nitrogen and oxygen atoms in total. The first-order valence-electron chi connectivity index (χ1n) is 4.91. The number of likely N-dealkylation sites (N-methyl/N-ethyl adjacent to an activating group) is 1. The van der Waals surface area contributed by atoms with Crippen molar-refractivity contribution in [1.29, 1.82) is 0 Å². The molecule has 1 aromatic carbocycles. The van der Waals surface area contributed by atoms with Gasteiger partial charge >= 0.3 is 12.1 Å². The average Bonchev–Trinajstić information content (AvgIpc) is 2.24. The second-order valence-electron chi connectivity index (χ2n) is 3.58. The van der Waals surface area contributed by atoms with Crippen LogP contribution in [0, 0.1) is 0 Å². The molecule has 2 N–H and O–H groups in total. The fourth-order valence-corrected chi connectivity index (χ4v) is 1.42. The Hall–Kier alpha value is -1.56. The van der Waals surface area contributed by atoms with Crippen molar-refractivity contribution in [2.75, 3.05) is 7.05 Å². The zero-order chi connectivity index (χ0) is 13.1. The van der Waals surface area contributed by atoms with Crippen LogP contribution in [0.25, 0.3) is 0 Å². The molecule has 0 heterocycles. The minimum atomic E-state index is -4.41. The molecule has 0 bridgehead atoms. The van der Waals surface area contributed by atoms with Crippen LogP contribution in [0.15, 0.2) is 24.3 Å². The fourth-order valence-electron chi connectivity index (χ4n) is 1.42. The highest BCUT2D eigenvalue weighted by Crippen LogP contribution is 2.29. The van der Waals surface area contributed by atoms with Crippen LogP contribution in [0.3, 0.4) is 0 Å². The summed E-state index contributed by atoms with van der Waals surface area (Å²) in [5.41, 5.74) is -0.434. The fraction of sp³-hybridized carbons (Fsp3) is 0.364. The lowest BCUT2D eigenvalue weighted by atomic mass is 10.0. The standard InChI is InChI=1S/C11H12F3NO2/c1-15-9(10(16)17)6-7-3-2-4-8(5-7)11(12,13)14/h2-5,9,15H,6H2,1H3,(H,16,17). The van der Waals surface area contributed by atoms with Crippen LogP contribution in [0.1, 0.15) is 11.1 Å². The third-order valence-electron chi connectivity index (χ3n) is 2.34. The summed E-state index contributed by atoms with van der Waals surface area (Å²) in [5.74, 6) is -1.09. The lowest BCUT2D eigenvalue weighted by Crippen LogP contribution is -2.35. The Morgan fingerprint density at radius 3 is 2.59 bits per heavy atom. The van der Waals surface area contributed by atoms with E-state index in [1.165, 1.54) is 19.2 Å². The van der Waals surface area contributed by atoms with Gasteiger partial charge in [-0.3, -0.25) is 4.79 Å². The number of alkyl halides is 3. The van der Waals surface area contributed by atoms with Crippen LogP contribution in [-0.2, 0) is 17.4 Å². The molecule has 0 saturated heterocycles. The number of nitrogens with one attached hydrogen (secondary N) is 1. The molecule has 1 rings (SSSR count). The molecule has 1 atom stereocenters. The quantitative estimate of drug-likeness (QED) is 0.854. The number of carbonyl (C=O) groups is 1. The van der Waals surface area contributed by atoms with Crippen LogP contribution in [0.2, 0.25) is 0 Å². The van der Waals surface area contributed by atoms with Gasteiger partial charge in [-0.15, -0.1) is 0 Å². The molecule has 0 amide bonds. The van der Waals surface area contributed by atoms with Gasteiger partial charge < -0.3 is 10.4 Å². The smallest absolute Gasteiger partial charge is 0.416 e. The number of benzene rings is 1. The van der Waals surface area contributed by atoms with Crippen LogP contribution < -0.4 is 5.32 Å². The Labute approximate surface area is 96.3 Å². The van der Waals surface area contributed by atoms with Crippen molar-refractivity contribution < 1.29 is 23.1 Å². The number of aliphatic carboxylic acids is 1. The number of hydrogen-bond acceptors (Lipinski definition) is 2. The van der Waals surface area contributed by atoms with E-state index in [-0.39, 0.29) is 6.42 Å². The van der Waals surface area contributed by atoms with E-state index >= 15 is 0 Å². The van der Waals surface area contributed by atoms with Crippen molar-refractivity contribution >= 4 is 5.97 Å². The van der Waals surface area contributed by atoms with Gasteiger partial charge in [0.15, 0.2) is 0 Å².